The molecule has 0 radical (unpaired) electrons. The first-order valence-corrected chi connectivity index (χ1v) is 13.5. The maximum absolute atomic E-state index is 6.96. The first-order chi connectivity index (χ1) is 19.3. The van der Waals surface area contributed by atoms with E-state index in [9.17, 15) is 0 Å². The third kappa shape index (κ3) is 3.35. The van der Waals surface area contributed by atoms with Gasteiger partial charge >= 0.3 is 0 Å². The van der Waals surface area contributed by atoms with E-state index in [2.05, 4.69) is 149 Å². The van der Waals surface area contributed by atoms with Crippen molar-refractivity contribution in [1.29, 1.82) is 0 Å². The molecule has 0 aliphatic carbocycles. The molecule has 2 aromatic heterocycles. The van der Waals surface area contributed by atoms with Crippen molar-refractivity contribution in [2.24, 2.45) is 0 Å². The molecule has 0 unspecified atom stereocenters. The highest BCUT2D eigenvalue weighted by atomic mass is 35.5. The summed E-state index contributed by atoms with van der Waals surface area (Å²) in [5, 5.41) is 5.75. The average Bonchev–Trinajstić information content (AvgIpc) is 3.51. The van der Waals surface area contributed by atoms with Crippen LogP contribution in [0, 0.1) is 0 Å². The topological polar surface area (TPSA) is 9.86 Å². The number of hydrogen-bond acceptors (Lipinski definition) is 0. The normalized spacial score (nSPS) is 11.7. The maximum atomic E-state index is 6.96. The molecule has 0 saturated heterocycles. The third-order valence-electron chi connectivity index (χ3n) is 7.81. The Morgan fingerprint density at radius 2 is 0.769 bits per heavy atom. The number of hydrogen-bond donors (Lipinski definition) is 0. The van der Waals surface area contributed by atoms with Crippen LogP contribution in [0.3, 0.4) is 0 Å². The van der Waals surface area contributed by atoms with Crippen LogP contribution in [-0.2, 0) is 0 Å². The van der Waals surface area contributed by atoms with Gasteiger partial charge in [0.1, 0.15) is 0 Å². The molecule has 0 fully saturated rings. The molecule has 6 aromatic carbocycles. The number of fused-ring (bicyclic) bond motifs is 6. The second-order valence-electron chi connectivity index (χ2n) is 9.95. The first kappa shape index (κ1) is 22.2. The van der Waals surface area contributed by atoms with Gasteiger partial charge in [0, 0.05) is 38.5 Å². The Balaban J connectivity index is 1.22. The molecular weight excluding hydrogens is 496 g/mol. The Morgan fingerprint density at radius 1 is 0.385 bits per heavy atom. The van der Waals surface area contributed by atoms with Crippen LogP contribution in [0.4, 0.5) is 0 Å². The van der Waals surface area contributed by atoms with Crippen molar-refractivity contribution in [3.05, 3.63) is 145 Å². The molecule has 184 valence electrons. The highest BCUT2D eigenvalue weighted by molar-refractivity contribution is 6.33. The Kier molecular flexibility index (Phi) is 4.91. The van der Waals surface area contributed by atoms with Gasteiger partial charge in [0.05, 0.1) is 27.1 Å². The van der Waals surface area contributed by atoms with Crippen LogP contribution < -0.4 is 0 Å². The van der Waals surface area contributed by atoms with Crippen LogP contribution in [0.2, 0.25) is 5.02 Å². The zero-order valence-corrected chi connectivity index (χ0v) is 21.8. The molecule has 2 heterocycles. The molecule has 39 heavy (non-hydrogen) atoms. The summed E-state index contributed by atoms with van der Waals surface area (Å²) in [6, 6.07) is 49.3. The fraction of sp³-hybridized carbons (Fsp3) is 0. The lowest BCUT2D eigenvalue weighted by atomic mass is 10.0. The number of para-hydroxylation sites is 4. The van der Waals surface area contributed by atoms with Gasteiger partial charge in [0.2, 0.25) is 0 Å². The lowest BCUT2D eigenvalue weighted by Crippen LogP contribution is -1.95. The molecule has 0 aliphatic rings. The Morgan fingerprint density at radius 3 is 1.21 bits per heavy atom. The van der Waals surface area contributed by atoms with Crippen LogP contribution in [-0.4, -0.2) is 9.13 Å². The first-order valence-electron chi connectivity index (χ1n) is 13.1. The van der Waals surface area contributed by atoms with Crippen molar-refractivity contribution >= 4 is 55.2 Å². The van der Waals surface area contributed by atoms with Crippen LogP contribution in [0.5, 0.6) is 0 Å². The van der Waals surface area contributed by atoms with E-state index in [4.69, 9.17) is 11.6 Å². The van der Waals surface area contributed by atoms with Crippen molar-refractivity contribution in [3.63, 3.8) is 0 Å². The minimum Gasteiger partial charge on any atom is -0.309 e. The molecule has 0 bridgehead atoms. The molecule has 2 nitrogen and oxygen atoms in total. The van der Waals surface area contributed by atoms with Gasteiger partial charge in [-0.2, -0.15) is 0 Å². The van der Waals surface area contributed by atoms with Crippen molar-refractivity contribution < 1.29 is 0 Å². The molecule has 8 rings (SSSR count). The number of nitrogens with zero attached hydrogens (tertiary/aromatic N) is 2. The predicted molar refractivity (Wildman–Crippen MR) is 166 cm³/mol. The molecule has 0 saturated carbocycles. The largest absolute Gasteiger partial charge is 0.309 e. The van der Waals surface area contributed by atoms with Crippen LogP contribution >= 0.6 is 11.6 Å². The van der Waals surface area contributed by atoms with E-state index < -0.39 is 0 Å². The van der Waals surface area contributed by atoms with E-state index in [1.54, 1.807) is 0 Å². The summed E-state index contributed by atoms with van der Waals surface area (Å²) in [7, 11) is 0. The van der Waals surface area contributed by atoms with Crippen LogP contribution in [0.1, 0.15) is 0 Å². The van der Waals surface area contributed by atoms with Crippen molar-refractivity contribution in [2.75, 3.05) is 0 Å². The molecule has 0 amide bonds. The quantitative estimate of drug-likeness (QED) is 0.220. The summed E-state index contributed by atoms with van der Waals surface area (Å²) in [5.41, 5.74) is 9.08. The SMILES string of the molecule is Clc1cc(-n2c3ccccc3c3ccccc32)ccc1-c1ccc(-n2c3ccccc3c3ccccc32)cc1. The van der Waals surface area contributed by atoms with Crippen molar-refractivity contribution in [1.82, 2.24) is 9.13 Å². The fourth-order valence-corrected chi connectivity index (χ4v) is 6.35. The lowest BCUT2D eigenvalue weighted by Gasteiger charge is -2.12. The molecular formula is C36H23ClN2. The molecule has 8 aromatic rings. The van der Waals surface area contributed by atoms with E-state index in [0.717, 1.165) is 27.5 Å². The summed E-state index contributed by atoms with van der Waals surface area (Å²) < 4.78 is 4.63. The van der Waals surface area contributed by atoms with Gasteiger partial charge in [-0.15, -0.1) is 0 Å². The monoisotopic (exact) mass is 518 g/mol. The summed E-state index contributed by atoms with van der Waals surface area (Å²) >= 11 is 6.96. The lowest BCUT2D eigenvalue weighted by molar-refractivity contribution is 1.18. The summed E-state index contributed by atoms with van der Waals surface area (Å²) in [6.45, 7) is 0. The molecule has 0 spiro atoms. The van der Waals surface area contributed by atoms with Gasteiger partial charge in [-0.1, -0.05) is 103 Å². The summed E-state index contributed by atoms with van der Waals surface area (Å²) in [6.07, 6.45) is 0. The van der Waals surface area contributed by atoms with E-state index >= 15 is 0 Å². The molecule has 3 heteroatoms. The Labute approximate surface area is 230 Å². The second-order valence-corrected chi connectivity index (χ2v) is 10.4. The zero-order valence-electron chi connectivity index (χ0n) is 21.1. The Hall–Kier alpha value is -4.79. The van der Waals surface area contributed by atoms with Crippen molar-refractivity contribution in [3.8, 4) is 22.5 Å². The number of benzene rings is 6. The molecule has 0 aliphatic heterocycles. The van der Waals surface area contributed by atoms with Gasteiger partial charge in [0.25, 0.3) is 0 Å². The smallest absolute Gasteiger partial charge is 0.0541 e. The zero-order chi connectivity index (χ0) is 25.9. The standard InChI is InChI=1S/C36H23ClN2/c37-32-23-26(39-35-15-7-3-11-30(35)31-12-4-8-16-36(31)39)21-22-27(32)24-17-19-25(20-18-24)38-33-13-5-1-9-28(33)29-10-2-6-14-34(29)38/h1-23H. The van der Waals surface area contributed by atoms with Gasteiger partial charge in [-0.05, 0) is 54.1 Å². The van der Waals surface area contributed by atoms with Gasteiger partial charge in [-0.3, -0.25) is 0 Å². The molecule has 0 atom stereocenters. The van der Waals surface area contributed by atoms with Gasteiger partial charge in [0.15, 0.2) is 0 Å². The highest BCUT2D eigenvalue weighted by Gasteiger charge is 2.14. The van der Waals surface area contributed by atoms with Crippen molar-refractivity contribution in [2.45, 2.75) is 0 Å². The van der Waals surface area contributed by atoms with Gasteiger partial charge < -0.3 is 9.13 Å². The van der Waals surface area contributed by atoms with Crippen LogP contribution in [0.25, 0.3) is 66.1 Å². The number of halogens is 1. The number of rotatable bonds is 3. The number of aromatic nitrogens is 2. The van der Waals surface area contributed by atoms with Crippen LogP contribution in [0.15, 0.2) is 140 Å². The Bertz CT molecular complexity index is 2070. The average molecular weight is 519 g/mol. The minimum absolute atomic E-state index is 0.735. The fourth-order valence-electron chi connectivity index (χ4n) is 6.07. The second kappa shape index (κ2) is 8.62. The highest BCUT2D eigenvalue weighted by Crippen LogP contribution is 2.36. The van der Waals surface area contributed by atoms with E-state index in [1.807, 2.05) is 0 Å². The van der Waals surface area contributed by atoms with Gasteiger partial charge in [-0.25, -0.2) is 0 Å². The van der Waals surface area contributed by atoms with E-state index in [0.29, 0.717) is 0 Å². The minimum atomic E-state index is 0.735. The van der Waals surface area contributed by atoms with E-state index in [-0.39, 0.29) is 0 Å². The predicted octanol–water partition coefficient (Wildman–Crippen LogP) is 10.2. The summed E-state index contributed by atoms with van der Waals surface area (Å²) in [5.74, 6) is 0. The molecule has 0 N–H and O–H groups in total. The summed E-state index contributed by atoms with van der Waals surface area (Å²) in [4.78, 5) is 0. The third-order valence-corrected chi connectivity index (χ3v) is 8.12. The maximum Gasteiger partial charge on any atom is 0.0541 e. The van der Waals surface area contributed by atoms with E-state index in [1.165, 1.54) is 43.6 Å².